The summed E-state index contributed by atoms with van der Waals surface area (Å²) < 4.78 is 10.8. The fraction of sp³-hybridized carbons (Fsp3) is 0.417. The predicted molar refractivity (Wildman–Crippen MR) is 123 cm³/mol. The number of amides is 2. The molecular formula is C24H33N3O4. The highest BCUT2D eigenvalue weighted by Crippen LogP contribution is 2.16. The first-order chi connectivity index (χ1) is 15.1. The van der Waals surface area contributed by atoms with Gasteiger partial charge in [0.05, 0.1) is 6.61 Å². The Morgan fingerprint density at radius 3 is 2.32 bits per heavy atom. The van der Waals surface area contributed by atoms with Gasteiger partial charge in [-0.2, -0.15) is 0 Å². The molecule has 0 atom stereocenters. The van der Waals surface area contributed by atoms with E-state index in [2.05, 4.69) is 29.4 Å². The number of ether oxygens (including phenoxy) is 2. The molecule has 0 saturated heterocycles. The minimum atomic E-state index is -0.244. The van der Waals surface area contributed by atoms with Gasteiger partial charge in [0.25, 0.3) is 11.8 Å². The minimum absolute atomic E-state index is 0.123. The summed E-state index contributed by atoms with van der Waals surface area (Å²) in [5.74, 6) is 0.248. The van der Waals surface area contributed by atoms with E-state index in [1.807, 2.05) is 6.92 Å². The topological polar surface area (TPSA) is 79.9 Å². The number of rotatable bonds is 13. The Bertz CT molecular complexity index is 820. The van der Waals surface area contributed by atoms with Crippen molar-refractivity contribution in [2.24, 2.45) is 0 Å². The molecule has 0 radical (unpaired) electrons. The Balaban J connectivity index is 1.86. The van der Waals surface area contributed by atoms with Crippen LogP contribution in [0.4, 0.5) is 5.69 Å². The van der Waals surface area contributed by atoms with Crippen molar-refractivity contribution >= 4 is 17.5 Å². The maximum absolute atomic E-state index is 12.5. The van der Waals surface area contributed by atoms with Gasteiger partial charge in [0.2, 0.25) is 0 Å². The van der Waals surface area contributed by atoms with Crippen LogP contribution in [-0.2, 0) is 4.74 Å². The lowest BCUT2D eigenvalue weighted by Gasteiger charge is -2.18. The van der Waals surface area contributed by atoms with Gasteiger partial charge in [0.1, 0.15) is 12.4 Å². The molecule has 2 N–H and O–H groups in total. The van der Waals surface area contributed by atoms with Gasteiger partial charge in [-0.05, 0) is 62.5 Å². The normalized spacial score (nSPS) is 10.7. The molecule has 0 saturated carbocycles. The third-order valence-corrected chi connectivity index (χ3v) is 4.81. The zero-order valence-electron chi connectivity index (χ0n) is 18.6. The summed E-state index contributed by atoms with van der Waals surface area (Å²) in [4.78, 5) is 27.1. The number of nitrogens with one attached hydrogen (secondary N) is 2. The number of nitrogens with zero attached hydrogens (tertiary/aromatic N) is 1. The number of anilines is 1. The number of carbonyl (C=O) groups excluding carboxylic acids is 2. The van der Waals surface area contributed by atoms with Crippen LogP contribution in [0.2, 0.25) is 0 Å². The molecule has 2 amide bonds. The molecule has 31 heavy (non-hydrogen) atoms. The van der Waals surface area contributed by atoms with Crippen LogP contribution < -0.4 is 15.4 Å². The van der Waals surface area contributed by atoms with Crippen molar-refractivity contribution in [2.75, 3.05) is 51.3 Å². The Morgan fingerprint density at radius 1 is 0.903 bits per heavy atom. The van der Waals surface area contributed by atoms with Crippen molar-refractivity contribution in [3.8, 4) is 5.75 Å². The Kier molecular flexibility index (Phi) is 10.5. The van der Waals surface area contributed by atoms with Crippen LogP contribution >= 0.6 is 0 Å². The Morgan fingerprint density at radius 2 is 1.65 bits per heavy atom. The molecule has 7 heteroatoms. The van der Waals surface area contributed by atoms with Crippen LogP contribution in [0.5, 0.6) is 5.75 Å². The number of benzene rings is 2. The van der Waals surface area contributed by atoms with Crippen LogP contribution in [0.25, 0.3) is 0 Å². The lowest BCUT2D eigenvalue weighted by molar-refractivity contribution is 0.0948. The summed E-state index contributed by atoms with van der Waals surface area (Å²) in [6, 6.07) is 13.8. The molecule has 0 aliphatic carbocycles. The van der Waals surface area contributed by atoms with E-state index in [9.17, 15) is 9.59 Å². The largest absolute Gasteiger partial charge is 0.491 e. The first-order valence-corrected chi connectivity index (χ1v) is 10.8. The summed E-state index contributed by atoms with van der Waals surface area (Å²) in [5, 5.41) is 5.77. The SMILES string of the molecule is CCOCCOc1cccc(C(=O)Nc2ccc(C(=O)NCCN(CC)CC)cc2)c1. The molecule has 0 fully saturated rings. The van der Waals surface area contributed by atoms with Gasteiger partial charge in [0.15, 0.2) is 0 Å². The van der Waals surface area contributed by atoms with E-state index in [-0.39, 0.29) is 11.8 Å². The monoisotopic (exact) mass is 427 g/mol. The second-order valence-corrected chi connectivity index (χ2v) is 6.89. The average molecular weight is 428 g/mol. The smallest absolute Gasteiger partial charge is 0.255 e. The van der Waals surface area contributed by atoms with Crippen LogP contribution in [0.3, 0.4) is 0 Å². The van der Waals surface area contributed by atoms with Gasteiger partial charge in [-0.15, -0.1) is 0 Å². The fourth-order valence-corrected chi connectivity index (χ4v) is 2.97. The van der Waals surface area contributed by atoms with Crippen molar-refractivity contribution < 1.29 is 19.1 Å². The third kappa shape index (κ3) is 8.39. The number of hydrogen-bond donors (Lipinski definition) is 2. The molecule has 2 aromatic rings. The standard InChI is InChI=1S/C24H33N3O4/c1-4-27(5-2)15-14-25-23(28)19-10-12-21(13-11-19)26-24(29)20-8-7-9-22(18-20)31-17-16-30-6-3/h7-13,18H,4-6,14-17H2,1-3H3,(H,25,28)(H,26,29). The lowest BCUT2D eigenvalue weighted by Crippen LogP contribution is -2.34. The fourth-order valence-electron chi connectivity index (χ4n) is 2.97. The van der Waals surface area contributed by atoms with E-state index >= 15 is 0 Å². The zero-order valence-corrected chi connectivity index (χ0v) is 18.6. The summed E-state index contributed by atoms with van der Waals surface area (Å²) in [6.45, 7) is 11.0. The van der Waals surface area contributed by atoms with Gasteiger partial charge >= 0.3 is 0 Å². The molecule has 0 aromatic heterocycles. The average Bonchev–Trinajstić information content (AvgIpc) is 2.80. The molecule has 0 aliphatic rings. The molecule has 0 bridgehead atoms. The van der Waals surface area contributed by atoms with Crippen LogP contribution in [0.1, 0.15) is 41.5 Å². The molecule has 0 unspecified atom stereocenters. The minimum Gasteiger partial charge on any atom is -0.491 e. The second-order valence-electron chi connectivity index (χ2n) is 6.89. The number of likely N-dealkylation sites (N-methyl/N-ethyl adjacent to an activating group) is 1. The van der Waals surface area contributed by atoms with Crippen molar-refractivity contribution in [3.63, 3.8) is 0 Å². The van der Waals surface area contributed by atoms with Crippen LogP contribution in [0, 0.1) is 0 Å². The van der Waals surface area contributed by atoms with E-state index in [1.54, 1.807) is 48.5 Å². The molecule has 2 rings (SSSR count). The van der Waals surface area contributed by atoms with Crippen molar-refractivity contribution in [1.29, 1.82) is 0 Å². The van der Waals surface area contributed by atoms with Crippen molar-refractivity contribution in [2.45, 2.75) is 20.8 Å². The zero-order chi connectivity index (χ0) is 22.5. The van der Waals surface area contributed by atoms with E-state index in [1.165, 1.54) is 0 Å². The van der Waals surface area contributed by atoms with Gasteiger partial charge in [0, 0.05) is 36.5 Å². The lowest BCUT2D eigenvalue weighted by atomic mass is 10.1. The predicted octanol–water partition coefficient (Wildman–Crippen LogP) is 3.43. The summed E-state index contributed by atoms with van der Waals surface area (Å²) in [5.41, 5.74) is 1.67. The van der Waals surface area contributed by atoms with Crippen LogP contribution in [0.15, 0.2) is 48.5 Å². The quantitative estimate of drug-likeness (QED) is 0.479. The van der Waals surface area contributed by atoms with E-state index in [4.69, 9.17) is 9.47 Å². The molecule has 0 heterocycles. The van der Waals surface area contributed by atoms with Gasteiger partial charge in [-0.1, -0.05) is 19.9 Å². The highest BCUT2D eigenvalue weighted by atomic mass is 16.5. The molecule has 0 spiro atoms. The first-order valence-electron chi connectivity index (χ1n) is 10.8. The van der Waals surface area contributed by atoms with Crippen molar-refractivity contribution in [1.82, 2.24) is 10.2 Å². The molecule has 7 nitrogen and oxygen atoms in total. The Hall–Kier alpha value is -2.90. The summed E-state index contributed by atoms with van der Waals surface area (Å²) in [6.07, 6.45) is 0. The number of carbonyl (C=O) groups is 2. The maximum atomic E-state index is 12.5. The molecule has 0 aliphatic heterocycles. The van der Waals surface area contributed by atoms with E-state index in [0.29, 0.717) is 48.9 Å². The number of hydrogen-bond acceptors (Lipinski definition) is 5. The molecule has 168 valence electrons. The molecular weight excluding hydrogens is 394 g/mol. The van der Waals surface area contributed by atoms with Crippen LogP contribution in [-0.4, -0.2) is 62.7 Å². The summed E-state index contributed by atoms with van der Waals surface area (Å²) in [7, 11) is 0. The van der Waals surface area contributed by atoms with Gasteiger partial charge in [-0.25, -0.2) is 0 Å². The first kappa shape index (κ1) is 24.4. The second kappa shape index (κ2) is 13.4. The maximum Gasteiger partial charge on any atom is 0.255 e. The third-order valence-electron chi connectivity index (χ3n) is 4.81. The summed E-state index contributed by atoms with van der Waals surface area (Å²) >= 11 is 0. The van der Waals surface area contributed by atoms with E-state index in [0.717, 1.165) is 19.6 Å². The highest BCUT2D eigenvalue weighted by molar-refractivity contribution is 6.04. The highest BCUT2D eigenvalue weighted by Gasteiger charge is 2.10. The molecule has 2 aromatic carbocycles. The van der Waals surface area contributed by atoms with Gasteiger partial charge < -0.3 is 25.0 Å². The Labute approximate surface area is 184 Å². The van der Waals surface area contributed by atoms with Gasteiger partial charge in [-0.3, -0.25) is 9.59 Å². The van der Waals surface area contributed by atoms with Crippen molar-refractivity contribution in [3.05, 3.63) is 59.7 Å². The van der Waals surface area contributed by atoms with E-state index < -0.39 is 0 Å².